The lowest BCUT2D eigenvalue weighted by molar-refractivity contribution is 0.0837. The second-order valence-electron chi connectivity index (χ2n) is 3.71. The third-order valence-corrected chi connectivity index (χ3v) is 3.01. The molecule has 1 N–H and O–H groups in total. The fourth-order valence-corrected chi connectivity index (χ4v) is 1.99. The van der Waals surface area contributed by atoms with Crippen molar-refractivity contribution in [2.45, 2.75) is 18.4 Å². The van der Waals surface area contributed by atoms with Gasteiger partial charge in [-0.2, -0.15) is 0 Å². The van der Waals surface area contributed by atoms with Crippen molar-refractivity contribution in [2.24, 2.45) is 0 Å². The molecule has 82 valence electrons. The van der Waals surface area contributed by atoms with E-state index in [9.17, 15) is 9.50 Å². The smallest absolute Gasteiger partial charge is 0.173 e. The van der Waals surface area contributed by atoms with Crippen molar-refractivity contribution in [2.75, 3.05) is 6.61 Å². The van der Waals surface area contributed by atoms with E-state index in [4.69, 9.17) is 16.3 Å². The van der Waals surface area contributed by atoms with Crippen molar-refractivity contribution >= 4 is 27.5 Å². The molecule has 2 rings (SSSR count). The van der Waals surface area contributed by atoms with Crippen LogP contribution in [0.5, 0.6) is 5.75 Å². The van der Waals surface area contributed by atoms with Crippen LogP contribution in [0.15, 0.2) is 16.6 Å². The van der Waals surface area contributed by atoms with Crippen molar-refractivity contribution in [1.29, 1.82) is 0 Å². The minimum atomic E-state index is -0.775. The van der Waals surface area contributed by atoms with E-state index in [1.807, 2.05) is 0 Å². The SMILES string of the molecule is OC1(COc2c(F)cc(Br)cc2Cl)CC1. The Bertz CT molecular complexity index is 370. The molecule has 0 amide bonds. The summed E-state index contributed by atoms with van der Waals surface area (Å²) in [6, 6.07) is 2.83. The largest absolute Gasteiger partial charge is 0.486 e. The number of rotatable bonds is 3. The van der Waals surface area contributed by atoms with Gasteiger partial charge >= 0.3 is 0 Å². The van der Waals surface area contributed by atoms with E-state index in [0.717, 1.165) is 0 Å². The van der Waals surface area contributed by atoms with Crippen LogP contribution in [0.2, 0.25) is 5.02 Å². The summed E-state index contributed by atoms with van der Waals surface area (Å²) < 4.78 is 19.1. The molecule has 1 aliphatic rings. The molecule has 1 saturated carbocycles. The summed E-state index contributed by atoms with van der Waals surface area (Å²) in [5, 5.41) is 9.73. The van der Waals surface area contributed by atoms with Crippen LogP contribution in [0.3, 0.4) is 0 Å². The van der Waals surface area contributed by atoms with E-state index >= 15 is 0 Å². The highest BCUT2D eigenvalue weighted by Crippen LogP contribution is 2.37. The highest BCUT2D eigenvalue weighted by molar-refractivity contribution is 9.10. The van der Waals surface area contributed by atoms with Gasteiger partial charge in [0.1, 0.15) is 6.61 Å². The lowest BCUT2D eigenvalue weighted by Crippen LogP contribution is -2.19. The van der Waals surface area contributed by atoms with Crippen LogP contribution < -0.4 is 4.74 Å². The van der Waals surface area contributed by atoms with Crippen LogP contribution in [0.1, 0.15) is 12.8 Å². The van der Waals surface area contributed by atoms with E-state index in [1.165, 1.54) is 6.07 Å². The molecule has 0 radical (unpaired) electrons. The molecule has 15 heavy (non-hydrogen) atoms. The van der Waals surface area contributed by atoms with Gasteiger partial charge in [-0.25, -0.2) is 4.39 Å². The van der Waals surface area contributed by atoms with Gasteiger partial charge in [-0.3, -0.25) is 0 Å². The van der Waals surface area contributed by atoms with Gasteiger partial charge in [0.25, 0.3) is 0 Å². The Hall–Kier alpha value is -0.320. The molecule has 0 spiro atoms. The van der Waals surface area contributed by atoms with Crippen LogP contribution in [0, 0.1) is 5.82 Å². The van der Waals surface area contributed by atoms with Crippen LogP contribution in [-0.4, -0.2) is 17.3 Å². The molecule has 0 unspecified atom stereocenters. The Morgan fingerprint density at radius 1 is 1.53 bits per heavy atom. The van der Waals surface area contributed by atoms with Crippen molar-refractivity contribution in [3.8, 4) is 5.75 Å². The summed E-state index contributed by atoms with van der Waals surface area (Å²) >= 11 is 8.93. The van der Waals surface area contributed by atoms with Gasteiger partial charge in [0.05, 0.1) is 10.6 Å². The van der Waals surface area contributed by atoms with Gasteiger partial charge in [0, 0.05) is 4.47 Å². The van der Waals surface area contributed by atoms with Crippen LogP contribution >= 0.6 is 27.5 Å². The molecule has 0 heterocycles. The molecule has 1 aliphatic carbocycles. The summed E-state index contributed by atoms with van der Waals surface area (Å²) in [7, 11) is 0. The Labute approximate surface area is 100 Å². The lowest BCUT2D eigenvalue weighted by Gasteiger charge is -2.12. The molecular weight excluding hydrogens is 286 g/mol. The van der Waals surface area contributed by atoms with Gasteiger partial charge < -0.3 is 9.84 Å². The molecule has 1 fully saturated rings. The first-order chi connectivity index (χ1) is 7.00. The van der Waals surface area contributed by atoms with Crippen LogP contribution in [0.4, 0.5) is 4.39 Å². The van der Waals surface area contributed by atoms with E-state index in [0.29, 0.717) is 17.3 Å². The van der Waals surface area contributed by atoms with Crippen molar-refractivity contribution in [1.82, 2.24) is 0 Å². The Kier molecular flexibility index (Phi) is 2.92. The van der Waals surface area contributed by atoms with Crippen LogP contribution in [-0.2, 0) is 0 Å². The van der Waals surface area contributed by atoms with Gasteiger partial charge in [0.2, 0.25) is 0 Å². The van der Waals surface area contributed by atoms with Crippen molar-refractivity contribution < 1.29 is 14.2 Å². The summed E-state index contributed by atoms with van der Waals surface area (Å²) in [6.45, 7) is 0.0886. The minimum absolute atomic E-state index is 0.000177. The summed E-state index contributed by atoms with van der Waals surface area (Å²) in [6.07, 6.45) is 1.39. The molecule has 0 aromatic heterocycles. The van der Waals surface area contributed by atoms with Gasteiger partial charge in [-0.05, 0) is 25.0 Å². The fourth-order valence-electron chi connectivity index (χ4n) is 1.16. The molecule has 1 aromatic carbocycles. The predicted octanol–water partition coefficient (Wildman–Crippen LogP) is 3.15. The molecule has 1 aromatic rings. The normalized spacial score (nSPS) is 17.6. The fraction of sp³-hybridized carbons (Fsp3) is 0.400. The second kappa shape index (κ2) is 3.92. The van der Waals surface area contributed by atoms with Crippen LogP contribution in [0.25, 0.3) is 0 Å². The Morgan fingerprint density at radius 3 is 2.73 bits per heavy atom. The third kappa shape index (κ3) is 2.62. The number of hydrogen-bond acceptors (Lipinski definition) is 2. The number of benzene rings is 1. The first-order valence-electron chi connectivity index (χ1n) is 4.50. The van der Waals surface area contributed by atoms with E-state index < -0.39 is 11.4 Å². The number of ether oxygens (including phenoxy) is 1. The van der Waals surface area contributed by atoms with Crippen molar-refractivity contribution in [3.63, 3.8) is 0 Å². The zero-order chi connectivity index (χ0) is 11.1. The second-order valence-corrected chi connectivity index (χ2v) is 5.03. The molecular formula is C10H9BrClFO2. The number of hydrogen-bond donors (Lipinski definition) is 1. The first kappa shape index (κ1) is 11.2. The molecule has 5 heteroatoms. The van der Waals surface area contributed by atoms with E-state index in [-0.39, 0.29) is 17.4 Å². The topological polar surface area (TPSA) is 29.5 Å². The molecule has 0 saturated heterocycles. The average Bonchev–Trinajstić information content (AvgIpc) is 2.82. The molecule has 0 bridgehead atoms. The average molecular weight is 296 g/mol. The Morgan fingerprint density at radius 2 is 2.20 bits per heavy atom. The lowest BCUT2D eigenvalue weighted by atomic mass is 10.3. The first-order valence-corrected chi connectivity index (χ1v) is 5.67. The maximum atomic E-state index is 13.4. The zero-order valence-corrected chi connectivity index (χ0v) is 10.1. The molecule has 2 nitrogen and oxygen atoms in total. The van der Waals surface area contributed by atoms with E-state index in [2.05, 4.69) is 15.9 Å². The summed E-state index contributed by atoms with van der Waals surface area (Å²) in [4.78, 5) is 0. The number of aliphatic hydroxyl groups is 1. The maximum Gasteiger partial charge on any atom is 0.173 e. The standard InChI is InChI=1S/C10H9BrClFO2/c11-6-3-7(12)9(8(13)4-6)15-5-10(14)1-2-10/h3-4,14H,1-2,5H2. The van der Waals surface area contributed by atoms with E-state index in [1.54, 1.807) is 6.07 Å². The van der Waals surface area contributed by atoms with Gasteiger partial charge in [-0.1, -0.05) is 27.5 Å². The molecule has 0 aliphatic heterocycles. The van der Waals surface area contributed by atoms with Gasteiger partial charge in [0.15, 0.2) is 11.6 Å². The third-order valence-electron chi connectivity index (χ3n) is 2.28. The molecule has 0 atom stereocenters. The predicted molar refractivity (Wildman–Crippen MR) is 58.8 cm³/mol. The quantitative estimate of drug-likeness (QED) is 0.928. The summed E-state index contributed by atoms with van der Waals surface area (Å²) in [5.41, 5.74) is -0.775. The monoisotopic (exact) mass is 294 g/mol. The Balaban J connectivity index is 2.13. The minimum Gasteiger partial charge on any atom is -0.486 e. The summed E-state index contributed by atoms with van der Waals surface area (Å²) in [5.74, 6) is -0.529. The van der Waals surface area contributed by atoms with Crippen molar-refractivity contribution in [3.05, 3.63) is 27.4 Å². The zero-order valence-electron chi connectivity index (χ0n) is 7.77. The highest BCUT2D eigenvalue weighted by Gasteiger charge is 2.41. The number of halogens is 3. The maximum absolute atomic E-state index is 13.4. The highest BCUT2D eigenvalue weighted by atomic mass is 79.9. The van der Waals surface area contributed by atoms with Gasteiger partial charge in [-0.15, -0.1) is 0 Å².